The Balaban J connectivity index is 1.95. The molecular formula is C8H10O. The predicted octanol–water partition coefficient (Wildman–Crippen LogP) is 1.23. The lowest BCUT2D eigenvalue weighted by atomic mass is 10.00. The summed E-state index contributed by atoms with van der Waals surface area (Å²) in [5, 5.41) is 0. The van der Waals surface area contributed by atoms with E-state index in [0.717, 1.165) is 11.8 Å². The van der Waals surface area contributed by atoms with Crippen LogP contribution in [0.25, 0.3) is 0 Å². The van der Waals surface area contributed by atoms with Gasteiger partial charge >= 0.3 is 0 Å². The molecule has 1 heteroatoms. The molecule has 3 saturated carbocycles. The first kappa shape index (κ1) is 4.48. The zero-order chi connectivity index (χ0) is 6.01. The molecule has 0 bridgehead atoms. The van der Waals surface area contributed by atoms with Crippen LogP contribution in [0.2, 0.25) is 0 Å². The normalized spacial score (nSPS) is 60.2. The van der Waals surface area contributed by atoms with Crippen LogP contribution >= 0.6 is 0 Å². The fraction of sp³-hybridized carbons (Fsp3) is 0.875. The summed E-state index contributed by atoms with van der Waals surface area (Å²) in [5.41, 5.74) is 0. The Labute approximate surface area is 54.4 Å². The number of fused-ring (bicyclic) bond motifs is 2. The Morgan fingerprint density at radius 3 is 2.11 bits per heavy atom. The zero-order valence-corrected chi connectivity index (χ0v) is 5.34. The van der Waals surface area contributed by atoms with Crippen molar-refractivity contribution in [3.8, 4) is 0 Å². The summed E-state index contributed by atoms with van der Waals surface area (Å²) in [4.78, 5) is 11.2. The lowest BCUT2D eigenvalue weighted by Crippen LogP contribution is -2.11. The molecule has 48 valence electrons. The quantitative estimate of drug-likeness (QED) is 0.472. The number of carbonyl (C=O) groups excluding carboxylic acids is 1. The van der Waals surface area contributed by atoms with Crippen molar-refractivity contribution >= 4 is 5.78 Å². The van der Waals surface area contributed by atoms with Crippen LogP contribution in [0.3, 0.4) is 0 Å². The van der Waals surface area contributed by atoms with Gasteiger partial charge in [0, 0.05) is 11.8 Å². The van der Waals surface area contributed by atoms with Crippen LogP contribution in [0, 0.1) is 23.7 Å². The number of ketones is 1. The first-order chi connectivity index (χ1) is 4.36. The van der Waals surface area contributed by atoms with Crippen LogP contribution in [0.1, 0.15) is 19.3 Å². The number of hydrogen-bond acceptors (Lipinski definition) is 1. The van der Waals surface area contributed by atoms with Gasteiger partial charge in [0.1, 0.15) is 5.78 Å². The Kier molecular flexibility index (Phi) is 0.544. The first-order valence-corrected chi connectivity index (χ1v) is 3.90. The van der Waals surface area contributed by atoms with Crippen molar-refractivity contribution in [1.82, 2.24) is 0 Å². The molecule has 0 amide bonds. The molecule has 3 aliphatic carbocycles. The molecule has 1 nitrogen and oxygen atoms in total. The van der Waals surface area contributed by atoms with E-state index < -0.39 is 0 Å². The summed E-state index contributed by atoms with van der Waals surface area (Å²) in [7, 11) is 0. The molecule has 0 heterocycles. The van der Waals surface area contributed by atoms with E-state index in [0.29, 0.717) is 17.6 Å². The molecule has 3 rings (SSSR count). The molecule has 0 aromatic heterocycles. The number of carbonyl (C=O) groups is 1. The largest absolute Gasteiger partial charge is 0.299 e. The highest BCUT2D eigenvalue weighted by molar-refractivity contribution is 5.89. The fourth-order valence-corrected chi connectivity index (χ4v) is 2.38. The van der Waals surface area contributed by atoms with Gasteiger partial charge in [-0.25, -0.2) is 0 Å². The first-order valence-electron chi connectivity index (χ1n) is 3.90. The summed E-state index contributed by atoms with van der Waals surface area (Å²) in [6.07, 6.45) is 3.87. The fourth-order valence-electron chi connectivity index (χ4n) is 2.38. The van der Waals surface area contributed by atoms with Gasteiger partial charge in [-0.1, -0.05) is 0 Å². The van der Waals surface area contributed by atoms with Crippen molar-refractivity contribution in [2.75, 3.05) is 0 Å². The summed E-state index contributed by atoms with van der Waals surface area (Å²) in [6, 6.07) is 0. The molecule has 0 saturated heterocycles. The predicted molar refractivity (Wildman–Crippen MR) is 32.8 cm³/mol. The molecule has 3 fully saturated rings. The third-order valence-corrected chi connectivity index (χ3v) is 3.18. The zero-order valence-electron chi connectivity index (χ0n) is 5.34. The van der Waals surface area contributed by atoms with Crippen LogP contribution < -0.4 is 0 Å². The second-order valence-electron chi connectivity index (χ2n) is 3.84. The Hall–Kier alpha value is -0.330. The monoisotopic (exact) mass is 122 g/mol. The minimum Gasteiger partial charge on any atom is -0.299 e. The van der Waals surface area contributed by atoms with Gasteiger partial charge in [0.15, 0.2) is 0 Å². The van der Waals surface area contributed by atoms with Crippen molar-refractivity contribution < 1.29 is 4.79 Å². The molecule has 0 unspecified atom stereocenters. The Bertz CT molecular complexity index is 167. The van der Waals surface area contributed by atoms with Crippen molar-refractivity contribution in [1.29, 1.82) is 0 Å². The van der Waals surface area contributed by atoms with Crippen molar-refractivity contribution in [2.24, 2.45) is 23.7 Å². The second kappa shape index (κ2) is 1.09. The average Bonchev–Trinajstić information content (AvgIpc) is 2.57. The van der Waals surface area contributed by atoms with Gasteiger partial charge in [0.25, 0.3) is 0 Å². The molecule has 0 spiro atoms. The van der Waals surface area contributed by atoms with Crippen LogP contribution in [-0.2, 0) is 4.79 Å². The van der Waals surface area contributed by atoms with Gasteiger partial charge in [-0.2, -0.15) is 0 Å². The van der Waals surface area contributed by atoms with E-state index in [-0.39, 0.29) is 0 Å². The van der Waals surface area contributed by atoms with Gasteiger partial charge in [-0.05, 0) is 31.1 Å². The highest BCUT2D eigenvalue weighted by Gasteiger charge is 2.59. The van der Waals surface area contributed by atoms with Crippen molar-refractivity contribution in [3.05, 3.63) is 0 Å². The maximum Gasteiger partial charge on any atom is 0.139 e. The van der Waals surface area contributed by atoms with Crippen molar-refractivity contribution in [3.63, 3.8) is 0 Å². The van der Waals surface area contributed by atoms with Gasteiger partial charge in [0.05, 0.1) is 0 Å². The van der Waals surface area contributed by atoms with Crippen LogP contribution in [-0.4, -0.2) is 5.78 Å². The lowest BCUT2D eigenvalue weighted by Gasteiger charge is -2.04. The third-order valence-electron chi connectivity index (χ3n) is 3.18. The summed E-state index contributed by atoms with van der Waals surface area (Å²) >= 11 is 0. The van der Waals surface area contributed by atoms with E-state index in [2.05, 4.69) is 0 Å². The maximum atomic E-state index is 11.2. The minimum atomic E-state index is 0.550. The van der Waals surface area contributed by atoms with E-state index in [1.54, 1.807) is 0 Å². The highest BCUT2D eigenvalue weighted by Crippen LogP contribution is 2.60. The van der Waals surface area contributed by atoms with Crippen molar-refractivity contribution in [2.45, 2.75) is 19.3 Å². The minimum absolute atomic E-state index is 0.550. The van der Waals surface area contributed by atoms with E-state index in [4.69, 9.17) is 0 Å². The van der Waals surface area contributed by atoms with E-state index >= 15 is 0 Å². The van der Waals surface area contributed by atoms with Crippen LogP contribution in [0.15, 0.2) is 0 Å². The van der Waals surface area contributed by atoms with Crippen LogP contribution in [0.4, 0.5) is 0 Å². The molecule has 3 aliphatic rings. The molecule has 9 heavy (non-hydrogen) atoms. The smallest absolute Gasteiger partial charge is 0.139 e. The van der Waals surface area contributed by atoms with Gasteiger partial charge < -0.3 is 0 Å². The number of Topliss-reactive ketones (excluding diaryl/α,β-unsaturated/α-hetero) is 1. The molecule has 0 N–H and O–H groups in total. The summed E-state index contributed by atoms with van der Waals surface area (Å²) in [5.74, 6) is 3.42. The van der Waals surface area contributed by atoms with Gasteiger partial charge in [-0.15, -0.1) is 0 Å². The molecule has 0 aromatic rings. The SMILES string of the molecule is O=C1[C@H]2C[C@H]2C[C@H]2C[C@@H]12. The molecule has 0 radical (unpaired) electrons. The maximum absolute atomic E-state index is 11.2. The molecule has 0 aliphatic heterocycles. The van der Waals surface area contributed by atoms with Gasteiger partial charge in [-0.3, -0.25) is 4.79 Å². The van der Waals surface area contributed by atoms with Gasteiger partial charge in [0.2, 0.25) is 0 Å². The summed E-state index contributed by atoms with van der Waals surface area (Å²) < 4.78 is 0. The lowest BCUT2D eigenvalue weighted by molar-refractivity contribution is -0.122. The topological polar surface area (TPSA) is 17.1 Å². The molecule has 0 aromatic carbocycles. The third kappa shape index (κ3) is 0.440. The van der Waals surface area contributed by atoms with Crippen LogP contribution in [0.5, 0.6) is 0 Å². The van der Waals surface area contributed by atoms with E-state index in [1.807, 2.05) is 0 Å². The molecule has 4 atom stereocenters. The number of hydrogen-bond donors (Lipinski definition) is 0. The standard InChI is InChI=1S/C8H10O/c9-8-6-2-4(6)1-5-3-7(5)8/h4-7H,1-3H2/t4-,5+,6+,7-. The van der Waals surface area contributed by atoms with E-state index in [1.165, 1.54) is 19.3 Å². The summed E-state index contributed by atoms with van der Waals surface area (Å²) in [6.45, 7) is 0. The second-order valence-corrected chi connectivity index (χ2v) is 3.84. The highest BCUT2D eigenvalue weighted by atomic mass is 16.1. The molecular weight excluding hydrogens is 112 g/mol. The van der Waals surface area contributed by atoms with E-state index in [9.17, 15) is 4.79 Å². The number of rotatable bonds is 0. The Morgan fingerprint density at radius 2 is 1.56 bits per heavy atom. The Morgan fingerprint density at radius 1 is 1.00 bits per heavy atom. The average molecular weight is 122 g/mol.